The summed E-state index contributed by atoms with van der Waals surface area (Å²) in [7, 11) is -4.10. The van der Waals surface area contributed by atoms with E-state index in [4.69, 9.17) is 4.55 Å². The van der Waals surface area contributed by atoms with Crippen LogP contribution >= 0.6 is 0 Å². The third-order valence-corrected chi connectivity index (χ3v) is 2.57. The third-order valence-electron chi connectivity index (χ3n) is 1.61. The summed E-state index contributed by atoms with van der Waals surface area (Å²) in [4.78, 5) is -0.0464. The topological polar surface area (TPSA) is 54.4 Å². The smallest absolute Gasteiger partial charge is 0.282 e. The van der Waals surface area contributed by atoms with Crippen molar-refractivity contribution in [3.8, 4) is 0 Å². The molecule has 0 atom stereocenters. The van der Waals surface area contributed by atoms with Crippen LogP contribution in [-0.2, 0) is 16.5 Å². The molecular formula is C39H70O3S. The molecule has 0 aliphatic carbocycles. The number of hydrogen-bond donors (Lipinski definition) is 1. The molecule has 0 saturated heterocycles. The van der Waals surface area contributed by atoms with E-state index in [-0.39, 0.29) is 4.90 Å². The van der Waals surface area contributed by atoms with E-state index in [0.29, 0.717) is 12.0 Å². The Morgan fingerprint density at radius 1 is 0.488 bits per heavy atom. The Hall–Kier alpha value is -3.73. The van der Waals surface area contributed by atoms with Crippen LogP contribution in [0.25, 0.3) is 0 Å². The highest BCUT2D eigenvalue weighted by Crippen LogP contribution is 2.15. The zero-order valence-corrected chi connectivity index (χ0v) is 30.6. The van der Waals surface area contributed by atoms with Crippen LogP contribution in [0.1, 0.15) is 74.8 Å². The molecule has 0 saturated carbocycles. The first-order chi connectivity index (χ1) is 20.2. The molecule has 0 heterocycles. The standard InChI is InChI=1S/C9H10O3S.10C3H6/c1-2-5-8-6-3-4-7-9(8)13(10,11)12;10*1-3-2/h2-4,6-7H,1,5H2,(H,10,11,12);10*3H,1H2,2H3. The minimum atomic E-state index is -4.10. The Morgan fingerprint density at radius 3 is 0.837 bits per heavy atom. The van der Waals surface area contributed by atoms with Gasteiger partial charge in [0.25, 0.3) is 10.1 Å². The highest BCUT2D eigenvalue weighted by atomic mass is 32.2. The lowest BCUT2D eigenvalue weighted by Gasteiger charge is -2.02. The molecule has 0 aliphatic rings. The van der Waals surface area contributed by atoms with Gasteiger partial charge in [-0.2, -0.15) is 8.42 Å². The predicted octanol–water partition coefficient (Wildman–Crippen LogP) is 13.6. The molecule has 0 bridgehead atoms. The van der Waals surface area contributed by atoms with Crippen LogP contribution in [0, 0.1) is 0 Å². The van der Waals surface area contributed by atoms with Crippen molar-refractivity contribution in [2.24, 2.45) is 0 Å². The van der Waals surface area contributed by atoms with Gasteiger partial charge in [0.05, 0.1) is 4.90 Å². The van der Waals surface area contributed by atoms with Gasteiger partial charge in [0, 0.05) is 0 Å². The van der Waals surface area contributed by atoms with Gasteiger partial charge in [-0.3, -0.25) is 4.55 Å². The Morgan fingerprint density at radius 2 is 0.674 bits per heavy atom. The van der Waals surface area contributed by atoms with Crippen LogP contribution in [-0.4, -0.2) is 13.0 Å². The van der Waals surface area contributed by atoms with Gasteiger partial charge in [-0.15, -0.1) is 72.4 Å². The first-order valence-electron chi connectivity index (χ1n) is 13.6. The minimum absolute atomic E-state index is 0.0464. The maximum Gasteiger partial charge on any atom is 0.294 e. The summed E-state index contributed by atoms with van der Waals surface area (Å²) in [6, 6.07) is 6.29. The normalized spacial score (nSPS) is 6.40. The lowest BCUT2D eigenvalue weighted by molar-refractivity contribution is 0.482. The Kier molecular flexibility index (Phi) is 141. The fraction of sp³-hybridized carbons (Fsp3) is 0.282. The number of allylic oxidation sites excluding steroid dienone is 11. The van der Waals surface area contributed by atoms with E-state index in [1.54, 1.807) is 85.0 Å². The van der Waals surface area contributed by atoms with Crippen LogP contribution in [0.5, 0.6) is 0 Å². The zero-order valence-electron chi connectivity index (χ0n) is 29.8. The second-order valence-corrected chi connectivity index (χ2v) is 8.05. The van der Waals surface area contributed by atoms with Crippen molar-refractivity contribution in [3.63, 3.8) is 0 Å². The Bertz CT molecular complexity index is 728. The maximum atomic E-state index is 10.8. The van der Waals surface area contributed by atoms with Crippen molar-refractivity contribution < 1.29 is 13.0 Å². The average molecular weight is 619 g/mol. The molecule has 4 heteroatoms. The second kappa shape index (κ2) is 90.2. The second-order valence-electron chi connectivity index (χ2n) is 6.66. The molecule has 43 heavy (non-hydrogen) atoms. The Labute approximate surface area is 272 Å². The van der Waals surface area contributed by atoms with E-state index in [2.05, 4.69) is 72.4 Å². The van der Waals surface area contributed by atoms with Crippen LogP contribution in [0.4, 0.5) is 0 Å². The maximum absolute atomic E-state index is 10.8. The highest BCUT2D eigenvalue weighted by molar-refractivity contribution is 7.85. The molecule has 0 radical (unpaired) electrons. The fourth-order valence-corrected chi connectivity index (χ4v) is 1.81. The first kappa shape index (κ1) is 67.1. The molecule has 0 aliphatic heterocycles. The van der Waals surface area contributed by atoms with Crippen molar-refractivity contribution in [2.75, 3.05) is 0 Å². The van der Waals surface area contributed by atoms with E-state index >= 15 is 0 Å². The molecule has 1 aromatic carbocycles. The van der Waals surface area contributed by atoms with E-state index in [1.807, 2.05) is 69.2 Å². The van der Waals surface area contributed by atoms with Gasteiger partial charge in [-0.1, -0.05) is 85.0 Å². The van der Waals surface area contributed by atoms with Crippen molar-refractivity contribution >= 4 is 10.1 Å². The largest absolute Gasteiger partial charge is 0.294 e. The summed E-state index contributed by atoms with van der Waals surface area (Å²) >= 11 is 0. The highest BCUT2D eigenvalue weighted by Gasteiger charge is 2.12. The van der Waals surface area contributed by atoms with E-state index in [9.17, 15) is 8.42 Å². The molecule has 0 unspecified atom stereocenters. The molecule has 0 fully saturated rings. The summed E-state index contributed by atoms with van der Waals surface area (Å²) in [6.07, 6.45) is 19.5. The van der Waals surface area contributed by atoms with Crippen molar-refractivity contribution in [2.45, 2.75) is 80.6 Å². The van der Waals surface area contributed by atoms with Gasteiger partial charge in [0.15, 0.2) is 0 Å². The van der Waals surface area contributed by atoms with E-state index in [1.165, 1.54) is 6.07 Å². The lowest BCUT2D eigenvalue weighted by atomic mass is 10.1. The van der Waals surface area contributed by atoms with Gasteiger partial charge in [-0.05, 0) is 87.3 Å². The van der Waals surface area contributed by atoms with Gasteiger partial charge >= 0.3 is 0 Å². The predicted molar refractivity (Wildman–Crippen MR) is 209 cm³/mol. The molecule has 1 aromatic rings. The summed E-state index contributed by atoms with van der Waals surface area (Å²) < 4.78 is 30.5. The molecule has 0 amide bonds. The van der Waals surface area contributed by atoms with Crippen LogP contribution < -0.4 is 0 Å². The summed E-state index contributed by atoms with van der Waals surface area (Å²) in [5.41, 5.74) is 0.556. The fourth-order valence-electron chi connectivity index (χ4n) is 1.08. The number of benzene rings is 1. The summed E-state index contributed by atoms with van der Waals surface area (Å²) in [5.74, 6) is 0. The van der Waals surface area contributed by atoms with Crippen molar-refractivity contribution in [3.05, 3.63) is 169 Å². The molecule has 1 N–H and O–H groups in total. The summed E-state index contributed by atoms with van der Waals surface area (Å²) in [6.45, 7) is 56.0. The quantitative estimate of drug-likeness (QED) is 0.271. The van der Waals surface area contributed by atoms with Gasteiger partial charge < -0.3 is 0 Å². The minimum Gasteiger partial charge on any atom is -0.282 e. The number of hydrogen-bond acceptors (Lipinski definition) is 2. The molecule has 0 aromatic heterocycles. The van der Waals surface area contributed by atoms with Gasteiger partial charge in [-0.25, -0.2) is 0 Å². The van der Waals surface area contributed by atoms with Crippen LogP contribution in [0.15, 0.2) is 168 Å². The third kappa shape index (κ3) is 190. The molecule has 250 valence electrons. The first-order valence-corrected chi connectivity index (χ1v) is 15.0. The van der Waals surface area contributed by atoms with E-state index in [0.717, 1.165) is 0 Å². The van der Waals surface area contributed by atoms with Crippen LogP contribution in [0.2, 0.25) is 0 Å². The Balaban J connectivity index is -0.0000000385. The molecule has 1 rings (SSSR count). The molecule has 0 spiro atoms. The van der Waals surface area contributed by atoms with E-state index < -0.39 is 10.1 Å². The van der Waals surface area contributed by atoms with Crippen molar-refractivity contribution in [1.82, 2.24) is 0 Å². The van der Waals surface area contributed by atoms with Gasteiger partial charge in [0.2, 0.25) is 0 Å². The SMILES string of the molecule is C=CC.C=CC.C=CC.C=CC.C=CC.C=CC.C=CC.C=CC.C=CC.C=CC.C=CCc1ccccc1S(=O)(=O)O. The molecule has 3 nitrogen and oxygen atoms in total. The molecular weight excluding hydrogens is 548 g/mol. The van der Waals surface area contributed by atoms with Crippen LogP contribution in [0.3, 0.4) is 0 Å². The number of rotatable bonds is 3. The average Bonchev–Trinajstić information content (AvgIpc) is 2.89. The zero-order chi connectivity index (χ0) is 37.0. The van der Waals surface area contributed by atoms with Gasteiger partial charge in [0.1, 0.15) is 0 Å². The monoisotopic (exact) mass is 619 g/mol. The van der Waals surface area contributed by atoms with Crippen molar-refractivity contribution in [1.29, 1.82) is 0 Å². The summed E-state index contributed by atoms with van der Waals surface area (Å²) in [5, 5.41) is 0. The lowest BCUT2D eigenvalue weighted by Crippen LogP contribution is -2.02.